The predicted octanol–water partition coefficient (Wildman–Crippen LogP) is 4.62. The van der Waals surface area contributed by atoms with Crippen molar-refractivity contribution in [2.24, 2.45) is 5.92 Å². The van der Waals surface area contributed by atoms with Gasteiger partial charge in [-0.05, 0) is 12.1 Å². The Kier molecular flexibility index (Phi) is 2.92. The Balaban J connectivity index is 1.73. The molecule has 3 aromatic rings. The largest absolute Gasteiger partial charge is 0.457 e. The molecule has 120 valence electrons. The molecule has 0 spiro atoms. The van der Waals surface area contributed by atoms with Crippen LogP contribution in [0.25, 0.3) is 0 Å². The summed E-state index contributed by atoms with van der Waals surface area (Å²) in [5.41, 5.74) is 2.83. The molecule has 0 unspecified atom stereocenters. The van der Waals surface area contributed by atoms with Gasteiger partial charge in [0.25, 0.3) is 0 Å². The van der Waals surface area contributed by atoms with E-state index >= 15 is 0 Å². The summed E-state index contributed by atoms with van der Waals surface area (Å²) >= 11 is 0. The molecule has 0 saturated heterocycles. The SMILES string of the molecule is O=C1c2ccccc2C(=O)C1C1c2ccccc2Oc2ccccc21. The highest BCUT2D eigenvalue weighted by atomic mass is 16.5. The number of ether oxygens (including phenoxy) is 1. The van der Waals surface area contributed by atoms with E-state index in [9.17, 15) is 9.59 Å². The summed E-state index contributed by atoms with van der Waals surface area (Å²) in [6.45, 7) is 0. The maximum atomic E-state index is 13.1. The van der Waals surface area contributed by atoms with E-state index in [1.807, 2.05) is 48.5 Å². The molecule has 0 atom stereocenters. The lowest BCUT2D eigenvalue weighted by Crippen LogP contribution is -2.27. The summed E-state index contributed by atoms with van der Waals surface area (Å²) in [7, 11) is 0. The zero-order valence-corrected chi connectivity index (χ0v) is 13.3. The molecule has 1 heterocycles. The summed E-state index contributed by atoms with van der Waals surface area (Å²) < 4.78 is 5.99. The fourth-order valence-electron chi connectivity index (χ4n) is 3.98. The van der Waals surface area contributed by atoms with Crippen LogP contribution in [0.2, 0.25) is 0 Å². The molecule has 0 amide bonds. The molecular formula is C22H14O3. The van der Waals surface area contributed by atoms with Gasteiger partial charge in [-0.3, -0.25) is 9.59 Å². The number of ketones is 2. The van der Waals surface area contributed by atoms with Gasteiger partial charge in [0.1, 0.15) is 11.5 Å². The van der Waals surface area contributed by atoms with E-state index in [1.165, 1.54) is 0 Å². The summed E-state index contributed by atoms with van der Waals surface area (Å²) in [6, 6.07) is 22.4. The van der Waals surface area contributed by atoms with Gasteiger partial charge in [-0.1, -0.05) is 60.7 Å². The second-order valence-corrected chi connectivity index (χ2v) is 6.41. The van der Waals surface area contributed by atoms with Gasteiger partial charge >= 0.3 is 0 Å². The van der Waals surface area contributed by atoms with Crippen molar-refractivity contribution >= 4 is 11.6 Å². The first-order valence-electron chi connectivity index (χ1n) is 8.29. The second-order valence-electron chi connectivity index (χ2n) is 6.41. The monoisotopic (exact) mass is 326 g/mol. The molecule has 2 aliphatic rings. The number of hydrogen-bond donors (Lipinski definition) is 0. The van der Waals surface area contributed by atoms with Crippen LogP contribution in [0.5, 0.6) is 11.5 Å². The molecule has 1 aliphatic carbocycles. The number of rotatable bonds is 1. The summed E-state index contributed by atoms with van der Waals surface area (Å²) in [6.07, 6.45) is 0. The lowest BCUT2D eigenvalue weighted by molar-refractivity contribution is 0.0823. The van der Waals surface area contributed by atoms with Crippen LogP contribution in [0.15, 0.2) is 72.8 Å². The molecule has 3 nitrogen and oxygen atoms in total. The number of fused-ring (bicyclic) bond motifs is 3. The number of carbonyl (C=O) groups excluding carboxylic acids is 2. The average molecular weight is 326 g/mol. The van der Waals surface area contributed by atoms with Gasteiger partial charge < -0.3 is 4.74 Å². The highest BCUT2D eigenvalue weighted by Crippen LogP contribution is 2.50. The van der Waals surface area contributed by atoms with Crippen molar-refractivity contribution in [3.8, 4) is 11.5 Å². The third-order valence-electron chi connectivity index (χ3n) is 5.08. The Bertz CT molecular complexity index is 954. The maximum Gasteiger partial charge on any atom is 0.175 e. The van der Waals surface area contributed by atoms with Crippen molar-refractivity contribution in [3.63, 3.8) is 0 Å². The van der Waals surface area contributed by atoms with Gasteiger partial charge in [0.2, 0.25) is 0 Å². The zero-order valence-electron chi connectivity index (χ0n) is 13.3. The molecule has 3 aromatic carbocycles. The molecule has 0 aromatic heterocycles. The number of hydrogen-bond acceptors (Lipinski definition) is 3. The molecular weight excluding hydrogens is 312 g/mol. The fraction of sp³-hybridized carbons (Fsp3) is 0.0909. The van der Waals surface area contributed by atoms with Gasteiger partial charge in [0, 0.05) is 28.2 Å². The van der Waals surface area contributed by atoms with Crippen LogP contribution in [-0.2, 0) is 0 Å². The zero-order chi connectivity index (χ0) is 17.0. The molecule has 0 radical (unpaired) electrons. The number of para-hydroxylation sites is 2. The molecule has 5 rings (SSSR count). The average Bonchev–Trinajstić information content (AvgIpc) is 2.91. The molecule has 0 saturated carbocycles. The van der Waals surface area contributed by atoms with E-state index in [0.717, 1.165) is 11.1 Å². The lowest BCUT2D eigenvalue weighted by Gasteiger charge is -2.30. The Morgan fingerprint density at radius 1 is 0.560 bits per heavy atom. The Morgan fingerprint density at radius 2 is 1.00 bits per heavy atom. The Morgan fingerprint density at radius 3 is 1.52 bits per heavy atom. The first-order chi connectivity index (χ1) is 12.3. The van der Waals surface area contributed by atoms with Crippen molar-refractivity contribution in [2.75, 3.05) is 0 Å². The topological polar surface area (TPSA) is 43.4 Å². The van der Waals surface area contributed by atoms with Gasteiger partial charge in [-0.25, -0.2) is 0 Å². The molecule has 0 bridgehead atoms. The van der Waals surface area contributed by atoms with Crippen molar-refractivity contribution in [2.45, 2.75) is 5.92 Å². The first kappa shape index (κ1) is 14.2. The van der Waals surface area contributed by atoms with E-state index in [-0.39, 0.29) is 17.5 Å². The van der Waals surface area contributed by atoms with E-state index in [2.05, 4.69) is 0 Å². The van der Waals surface area contributed by atoms with Crippen molar-refractivity contribution in [3.05, 3.63) is 95.1 Å². The molecule has 0 fully saturated rings. The van der Waals surface area contributed by atoms with Crippen LogP contribution < -0.4 is 4.74 Å². The summed E-state index contributed by atoms with van der Waals surface area (Å²) in [5, 5.41) is 0. The van der Waals surface area contributed by atoms with Crippen LogP contribution >= 0.6 is 0 Å². The molecule has 25 heavy (non-hydrogen) atoms. The Hall–Kier alpha value is -3.20. The number of Topliss-reactive ketones (excluding diaryl/α,β-unsaturated/α-hetero) is 2. The minimum Gasteiger partial charge on any atom is -0.457 e. The number of benzene rings is 3. The maximum absolute atomic E-state index is 13.1. The van der Waals surface area contributed by atoms with Crippen LogP contribution in [0.4, 0.5) is 0 Å². The van der Waals surface area contributed by atoms with Gasteiger partial charge in [-0.2, -0.15) is 0 Å². The van der Waals surface area contributed by atoms with E-state index in [4.69, 9.17) is 4.74 Å². The van der Waals surface area contributed by atoms with Crippen LogP contribution in [0.3, 0.4) is 0 Å². The standard InChI is InChI=1S/C22H14O3/c23-21-13-7-1-2-8-14(13)22(24)20(21)19-15-9-3-5-11-17(15)25-18-12-6-4-10-16(18)19/h1-12,19-20H. The quantitative estimate of drug-likeness (QED) is 0.613. The van der Waals surface area contributed by atoms with Crippen molar-refractivity contribution < 1.29 is 14.3 Å². The van der Waals surface area contributed by atoms with Crippen LogP contribution in [0, 0.1) is 5.92 Å². The highest BCUT2D eigenvalue weighted by molar-refractivity contribution is 6.27. The molecule has 0 N–H and O–H groups in total. The summed E-state index contributed by atoms with van der Waals surface area (Å²) in [4.78, 5) is 26.1. The van der Waals surface area contributed by atoms with E-state index in [1.54, 1.807) is 24.3 Å². The van der Waals surface area contributed by atoms with Crippen LogP contribution in [-0.4, -0.2) is 11.6 Å². The van der Waals surface area contributed by atoms with Gasteiger partial charge in [0.15, 0.2) is 11.6 Å². The Labute approximate surface area is 144 Å². The summed E-state index contributed by atoms with van der Waals surface area (Å²) in [5.74, 6) is 0.164. The molecule has 3 heteroatoms. The smallest absolute Gasteiger partial charge is 0.175 e. The number of carbonyl (C=O) groups is 2. The minimum atomic E-state index is -0.733. The third-order valence-corrected chi connectivity index (χ3v) is 5.08. The highest BCUT2D eigenvalue weighted by Gasteiger charge is 2.46. The predicted molar refractivity (Wildman–Crippen MR) is 93.4 cm³/mol. The van der Waals surface area contributed by atoms with E-state index in [0.29, 0.717) is 22.6 Å². The molecule has 1 aliphatic heterocycles. The fourth-order valence-corrected chi connectivity index (χ4v) is 3.98. The normalized spacial score (nSPS) is 16.2. The first-order valence-corrected chi connectivity index (χ1v) is 8.29. The minimum absolute atomic E-state index is 0.0999. The van der Waals surface area contributed by atoms with Crippen molar-refractivity contribution in [1.29, 1.82) is 0 Å². The van der Waals surface area contributed by atoms with Gasteiger partial charge in [-0.15, -0.1) is 0 Å². The lowest BCUT2D eigenvalue weighted by atomic mass is 9.76. The second kappa shape index (κ2) is 5.15. The third kappa shape index (κ3) is 1.92. The van der Waals surface area contributed by atoms with E-state index < -0.39 is 5.92 Å². The van der Waals surface area contributed by atoms with Crippen LogP contribution in [0.1, 0.15) is 37.8 Å². The van der Waals surface area contributed by atoms with Gasteiger partial charge in [0.05, 0.1) is 5.92 Å². The van der Waals surface area contributed by atoms with Crippen molar-refractivity contribution in [1.82, 2.24) is 0 Å².